The molecule has 148 valence electrons. The summed E-state index contributed by atoms with van der Waals surface area (Å²) in [5.41, 5.74) is 0. The first-order chi connectivity index (χ1) is 11.9. The molecule has 1 saturated carbocycles. The molecule has 0 aromatic rings. The molecule has 6 heteroatoms. The van der Waals surface area contributed by atoms with Crippen molar-refractivity contribution in [2.75, 3.05) is 45.9 Å². The molecule has 1 aliphatic heterocycles. The molecule has 0 amide bonds. The number of hydrogen-bond donors (Lipinski definition) is 2. The third-order valence-electron chi connectivity index (χ3n) is 4.96. The largest absolute Gasteiger partial charge is 0.378 e. The molecular formula is C19H39IN4O. The lowest BCUT2D eigenvalue weighted by Gasteiger charge is -2.21. The van der Waals surface area contributed by atoms with Crippen LogP contribution < -0.4 is 10.6 Å². The Kier molecular flexibility index (Phi) is 13.8. The molecule has 1 aliphatic carbocycles. The number of hydrogen-bond acceptors (Lipinski definition) is 3. The van der Waals surface area contributed by atoms with Gasteiger partial charge in [0.25, 0.3) is 0 Å². The summed E-state index contributed by atoms with van der Waals surface area (Å²) in [5, 5.41) is 6.79. The van der Waals surface area contributed by atoms with E-state index in [4.69, 9.17) is 4.74 Å². The average molecular weight is 466 g/mol. The van der Waals surface area contributed by atoms with E-state index in [2.05, 4.69) is 27.4 Å². The van der Waals surface area contributed by atoms with E-state index in [1.54, 1.807) is 0 Å². The Morgan fingerprint density at radius 3 is 2.52 bits per heavy atom. The molecule has 5 nitrogen and oxygen atoms in total. The van der Waals surface area contributed by atoms with Crippen LogP contribution in [0.5, 0.6) is 0 Å². The van der Waals surface area contributed by atoms with Crippen LogP contribution >= 0.6 is 24.0 Å². The zero-order valence-corrected chi connectivity index (χ0v) is 18.4. The molecule has 2 aliphatic rings. The summed E-state index contributed by atoms with van der Waals surface area (Å²) in [6.07, 6.45) is 12.1. The summed E-state index contributed by atoms with van der Waals surface area (Å²) < 4.78 is 5.96. The van der Waals surface area contributed by atoms with Crippen molar-refractivity contribution in [3.63, 3.8) is 0 Å². The Morgan fingerprint density at radius 1 is 1.04 bits per heavy atom. The van der Waals surface area contributed by atoms with Gasteiger partial charge < -0.3 is 20.3 Å². The second-order valence-corrected chi connectivity index (χ2v) is 7.07. The highest BCUT2D eigenvalue weighted by molar-refractivity contribution is 14.0. The van der Waals surface area contributed by atoms with Crippen molar-refractivity contribution in [1.29, 1.82) is 0 Å². The van der Waals surface area contributed by atoms with Gasteiger partial charge in [-0.15, -0.1) is 24.0 Å². The number of likely N-dealkylation sites (tertiary alicyclic amines) is 1. The van der Waals surface area contributed by atoms with Crippen LogP contribution in [0.1, 0.15) is 64.7 Å². The number of nitrogens with zero attached hydrogens (tertiary/aromatic N) is 2. The summed E-state index contributed by atoms with van der Waals surface area (Å²) in [6.45, 7) is 9.51. The van der Waals surface area contributed by atoms with Crippen LogP contribution in [0, 0.1) is 0 Å². The molecule has 2 rings (SSSR count). The number of nitrogens with one attached hydrogen (secondary N) is 2. The average Bonchev–Trinajstić information content (AvgIpc) is 3.12. The van der Waals surface area contributed by atoms with Crippen LogP contribution in [-0.2, 0) is 4.74 Å². The summed E-state index contributed by atoms with van der Waals surface area (Å²) in [4.78, 5) is 7.23. The maximum absolute atomic E-state index is 5.96. The summed E-state index contributed by atoms with van der Waals surface area (Å²) in [7, 11) is 0. The number of rotatable bonds is 10. The van der Waals surface area contributed by atoms with E-state index in [0.717, 1.165) is 38.6 Å². The number of guanidine groups is 1. The predicted octanol–water partition coefficient (Wildman–Crippen LogP) is 3.38. The van der Waals surface area contributed by atoms with Crippen LogP contribution in [0.2, 0.25) is 0 Å². The first-order valence-corrected chi connectivity index (χ1v) is 10.2. The molecule has 2 fully saturated rings. The van der Waals surface area contributed by atoms with E-state index < -0.39 is 0 Å². The van der Waals surface area contributed by atoms with Gasteiger partial charge in [-0.05, 0) is 65.1 Å². The lowest BCUT2D eigenvalue weighted by molar-refractivity contribution is 0.0281. The van der Waals surface area contributed by atoms with Crippen molar-refractivity contribution in [3.05, 3.63) is 0 Å². The summed E-state index contributed by atoms with van der Waals surface area (Å²) in [6, 6.07) is 0. The van der Waals surface area contributed by atoms with Gasteiger partial charge in [0, 0.05) is 26.2 Å². The molecule has 2 N–H and O–H groups in total. The fraction of sp³-hybridized carbons (Fsp3) is 0.947. The van der Waals surface area contributed by atoms with Crippen molar-refractivity contribution >= 4 is 29.9 Å². The molecule has 0 spiro atoms. The smallest absolute Gasteiger partial charge is 0.191 e. The fourth-order valence-electron chi connectivity index (χ4n) is 3.59. The van der Waals surface area contributed by atoms with E-state index in [1.807, 2.05) is 0 Å². The Labute approximate surface area is 171 Å². The van der Waals surface area contributed by atoms with E-state index in [-0.39, 0.29) is 24.0 Å². The third-order valence-corrected chi connectivity index (χ3v) is 4.96. The SMILES string of the molecule is CCNC(=NCCCOC1CCCCC1)NCCCN1CCCC1.I. The molecule has 0 unspecified atom stereocenters. The summed E-state index contributed by atoms with van der Waals surface area (Å²) in [5.74, 6) is 0.955. The van der Waals surface area contributed by atoms with Crippen molar-refractivity contribution < 1.29 is 4.74 Å². The number of halogens is 1. The maximum atomic E-state index is 5.96. The van der Waals surface area contributed by atoms with E-state index in [1.165, 1.54) is 71.0 Å². The molecule has 1 saturated heterocycles. The van der Waals surface area contributed by atoms with Crippen LogP contribution in [0.4, 0.5) is 0 Å². The Balaban J connectivity index is 0.00000312. The summed E-state index contributed by atoms with van der Waals surface area (Å²) >= 11 is 0. The van der Waals surface area contributed by atoms with Gasteiger partial charge in [-0.2, -0.15) is 0 Å². The van der Waals surface area contributed by atoms with Gasteiger partial charge in [0.15, 0.2) is 5.96 Å². The number of aliphatic imine (C=N–C) groups is 1. The van der Waals surface area contributed by atoms with Crippen molar-refractivity contribution in [1.82, 2.24) is 15.5 Å². The Morgan fingerprint density at radius 2 is 1.80 bits per heavy atom. The molecular weight excluding hydrogens is 427 g/mol. The highest BCUT2D eigenvalue weighted by atomic mass is 127. The van der Waals surface area contributed by atoms with Gasteiger partial charge in [0.2, 0.25) is 0 Å². The van der Waals surface area contributed by atoms with Gasteiger partial charge >= 0.3 is 0 Å². The molecule has 0 radical (unpaired) electrons. The van der Waals surface area contributed by atoms with Crippen LogP contribution in [0.3, 0.4) is 0 Å². The fourth-order valence-corrected chi connectivity index (χ4v) is 3.59. The second kappa shape index (κ2) is 15.0. The Hall–Kier alpha value is -0.0800. The molecule has 0 bridgehead atoms. The molecule has 0 atom stereocenters. The van der Waals surface area contributed by atoms with Crippen LogP contribution in [0.25, 0.3) is 0 Å². The minimum Gasteiger partial charge on any atom is -0.378 e. The highest BCUT2D eigenvalue weighted by Gasteiger charge is 2.13. The highest BCUT2D eigenvalue weighted by Crippen LogP contribution is 2.20. The van der Waals surface area contributed by atoms with E-state index in [9.17, 15) is 0 Å². The standard InChI is InChI=1S/C19H38N4O.HI/c1-2-20-19(21-12-8-16-23-14-6-7-15-23)22-13-9-17-24-18-10-4-3-5-11-18;/h18H,2-17H2,1H3,(H2,20,21,22);1H. The first-order valence-electron chi connectivity index (χ1n) is 10.2. The van der Waals surface area contributed by atoms with Gasteiger partial charge in [-0.25, -0.2) is 0 Å². The van der Waals surface area contributed by atoms with Gasteiger partial charge in [-0.1, -0.05) is 19.3 Å². The van der Waals surface area contributed by atoms with Crippen molar-refractivity contribution in [2.45, 2.75) is 70.8 Å². The lowest BCUT2D eigenvalue weighted by atomic mass is 9.98. The monoisotopic (exact) mass is 466 g/mol. The van der Waals surface area contributed by atoms with E-state index >= 15 is 0 Å². The second-order valence-electron chi connectivity index (χ2n) is 7.07. The van der Waals surface area contributed by atoms with E-state index in [0.29, 0.717) is 6.10 Å². The molecule has 25 heavy (non-hydrogen) atoms. The molecule has 1 heterocycles. The van der Waals surface area contributed by atoms with Gasteiger partial charge in [0.05, 0.1) is 6.10 Å². The van der Waals surface area contributed by atoms with Crippen LogP contribution in [-0.4, -0.2) is 62.8 Å². The zero-order chi connectivity index (χ0) is 16.9. The first kappa shape index (κ1) is 23.0. The predicted molar refractivity (Wildman–Crippen MR) is 117 cm³/mol. The third kappa shape index (κ3) is 10.6. The zero-order valence-electron chi connectivity index (χ0n) is 16.1. The van der Waals surface area contributed by atoms with Crippen LogP contribution in [0.15, 0.2) is 4.99 Å². The topological polar surface area (TPSA) is 48.9 Å². The van der Waals surface area contributed by atoms with Gasteiger partial charge in [0.1, 0.15) is 0 Å². The minimum atomic E-state index is 0. The van der Waals surface area contributed by atoms with Gasteiger partial charge in [-0.3, -0.25) is 4.99 Å². The molecule has 0 aromatic heterocycles. The normalized spacial score (nSPS) is 19.6. The maximum Gasteiger partial charge on any atom is 0.191 e. The number of ether oxygens (including phenoxy) is 1. The Bertz CT molecular complexity index is 342. The van der Waals surface area contributed by atoms with Crippen molar-refractivity contribution in [2.24, 2.45) is 4.99 Å². The van der Waals surface area contributed by atoms with Crippen molar-refractivity contribution in [3.8, 4) is 0 Å². The minimum absolute atomic E-state index is 0. The lowest BCUT2D eigenvalue weighted by Crippen LogP contribution is -2.38. The quantitative estimate of drug-likeness (QED) is 0.224. The molecule has 0 aromatic carbocycles.